The zero-order valence-electron chi connectivity index (χ0n) is 14.2. The Morgan fingerprint density at radius 1 is 1.15 bits per heavy atom. The molecule has 1 heterocycles. The van der Waals surface area contributed by atoms with Crippen molar-refractivity contribution < 1.29 is 4.42 Å². The molecule has 0 atom stereocenters. The molecule has 0 saturated heterocycles. The summed E-state index contributed by atoms with van der Waals surface area (Å²) in [6.07, 6.45) is 2.39. The van der Waals surface area contributed by atoms with Crippen LogP contribution in [-0.4, -0.2) is 23.5 Å². The molecular formula is C17H32N2O. The van der Waals surface area contributed by atoms with Crippen molar-refractivity contribution in [2.75, 3.05) is 13.1 Å². The molecule has 1 N–H and O–H groups in total. The zero-order valence-corrected chi connectivity index (χ0v) is 14.2. The summed E-state index contributed by atoms with van der Waals surface area (Å²) in [6.45, 7) is 17.1. The van der Waals surface area contributed by atoms with Gasteiger partial charge in [-0.15, -0.1) is 0 Å². The molecule has 116 valence electrons. The van der Waals surface area contributed by atoms with E-state index in [9.17, 15) is 0 Å². The molecule has 0 aliphatic carbocycles. The van der Waals surface area contributed by atoms with E-state index in [-0.39, 0.29) is 5.54 Å². The highest BCUT2D eigenvalue weighted by atomic mass is 16.3. The van der Waals surface area contributed by atoms with Crippen LogP contribution in [0.1, 0.15) is 64.5 Å². The molecule has 0 saturated carbocycles. The van der Waals surface area contributed by atoms with E-state index in [1.54, 1.807) is 0 Å². The minimum absolute atomic E-state index is 0.121. The van der Waals surface area contributed by atoms with Gasteiger partial charge >= 0.3 is 0 Å². The Morgan fingerprint density at radius 2 is 1.75 bits per heavy atom. The maximum Gasteiger partial charge on any atom is 0.120 e. The van der Waals surface area contributed by atoms with Crippen molar-refractivity contribution >= 4 is 0 Å². The van der Waals surface area contributed by atoms with Crippen LogP contribution >= 0.6 is 0 Å². The number of nitrogens with one attached hydrogen (secondary N) is 1. The number of rotatable bonds is 8. The average Bonchev–Trinajstić information content (AvgIpc) is 2.67. The van der Waals surface area contributed by atoms with Gasteiger partial charge in [-0.3, -0.25) is 4.90 Å². The first kappa shape index (κ1) is 17.3. The minimum Gasteiger partial charge on any atom is -0.463 e. The first-order chi connectivity index (χ1) is 9.35. The van der Waals surface area contributed by atoms with Crippen molar-refractivity contribution in [2.45, 2.75) is 73.0 Å². The van der Waals surface area contributed by atoms with Gasteiger partial charge in [0.15, 0.2) is 0 Å². The van der Waals surface area contributed by atoms with E-state index in [1.165, 1.54) is 18.4 Å². The van der Waals surface area contributed by atoms with Crippen LogP contribution in [0.4, 0.5) is 0 Å². The third-order valence-electron chi connectivity index (χ3n) is 3.31. The van der Waals surface area contributed by atoms with Crippen molar-refractivity contribution in [2.24, 2.45) is 0 Å². The van der Waals surface area contributed by atoms with E-state index in [1.807, 2.05) is 0 Å². The van der Waals surface area contributed by atoms with Gasteiger partial charge in [0.1, 0.15) is 11.5 Å². The van der Waals surface area contributed by atoms with Gasteiger partial charge in [0.05, 0.1) is 13.1 Å². The number of nitrogens with zero attached hydrogens (tertiary/aromatic N) is 1. The van der Waals surface area contributed by atoms with E-state index >= 15 is 0 Å². The highest BCUT2D eigenvalue weighted by Crippen LogP contribution is 2.17. The van der Waals surface area contributed by atoms with Gasteiger partial charge in [-0.1, -0.05) is 13.8 Å². The fourth-order valence-electron chi connectivity index (χ4n) is 2.31. The monoisotopic (exact) mass is 280 g/mol. The zero-order chi connectivity index (χ0) is 15.2. The lowest BCUT2D eigenvalue weighted by molar-refractivity contribution is 0.240. The van der Waals surface area contributed by atoms with Gasteiger partial charge in [-0.25, -0.2) is 0 Å². The van der Waals surface area contributed by atoms with Crippen LogP contribution in [0.25, 0.3) is 0 Å². The third kappa shape index (κ3) is 6.10. The topological polar surface area (TPSA) is 28.4 Å². The largest absolute Gasteiger partial charge is 0.463 e. The molecule has 1 aromatic rings. The Kier molecular flexibility index (Phi) is 6.77. The number of hydrogen-bond donors (Lipinski definition) is 1. The van der Waals surface area contributed by atoms with Gasteiger partial charge in [-0.2, -0.15) is 0 Å². The van der Waals surface area contributed by atoms with Crippen molar-refractivity contribution in [3.05, 3.63) is 23.2 Å². The van der Waals surface area contributed by atoms with E-state index in [0.29, 0.717) is 0 Å². The lowest BCUT2D eigenvalue weighted by Gasteiger charge is -2.20. The van der Waals surface area contributed by atoms with Crippen molar-refractivity contribution in [1.82, 2.24) is 10.2 Å². The highest BCUT2D eigenvalue weighted by Gasteiger charge is 2.14. The van der Waals surface area contributed by atoms with Gasteiger partial charge in [-0.05, 0) is 65.3 Å². The minimum atomic E-state index is 0.121. The summed E-state index contributed by atoms with van der Waals surface area (Å²) >= 11 is 0. The molecule has 0 aliphatic rings. The summed E-state index contributed by atoms with van der Waals surface area (Å²) in [5, 5.41) is 3.49. The Morgan fingerprint density at radius 3 is 2.25 bits per heavy atom. The maximum absolute atomic E-state index is 6.03. The highest BCUT2D eigenvalue weighted by molar-refractivity contribution is 5.20. The van der Waals surface area contributed by atoms with Gasteiger partial charge in [0.25, 0.3) is 0 Å². The van der Waals surface area contributed by atoms with Crippen LogP contribution in [0.5, 0.6) is 0 Å². The average molecular weight is 280 g/mol. The molecule has 0 bridgehead atoms. The molecule has 1 aromatic heterocycles. The maximum atomic E-state index is 6.03. The van der Waals surface area contributed by atoms with E-state index in [4.69, 9.17) is 4.42 Å². The Hall–Kier alpha value is -0.800. The molecule has 0 spiro atoms. The molecular weight excluding hydrogens is 248 g/mol. The van der Waals surface area contributed by atoms with Crippen LogP contribution in [0.3, 0.4) is 0 Å². The molecule has 0 amide bonds. The van der Waals surface area contributed by atoms with E-state index in [0.717, 1.165) is 37.7 Å². The summed E-state index contributed by atoms with van der Waals surface area (Å²) in [4.78, 5) is 2.47. The SMILES string of the molecule is CCCN(CCC)Cc1cc(C)c(CNC(C)(C)C)o1. The normalized spacial score (nSPS) is 12.3. The van der Waals surface area contributed by atoms with E-state index in [2.05, 4.69) is 57.8 Å². The van der Waals surface area contributed by atoms with Crippen LogP contribution in [-0.2, 0) is 13.1 Å². The van der Waals surface area contributed by atoms with Gasteiger partial charge in [0.2, 0.25) is 0 Å². The third-order valence-corrected chi connectivity index (χ3v) is 3.31. The van der Waals surface area contributed by atoms with Crippen molar-refractivity contribution in [3.8, 4) is 0 Å². The number of aryl methyl sites for hydroxylation is 1. The number of hydrogen-bond acceptors (Lipinski definition) is 3. The molecule has 3 nitrogen and oxygen atoms in total. The first-order valence-electron chi connectivity index (χ1n) is 7.91. The van der Waals surface area contributed by atoms with Crippen LogP contribution in [0, 0.1) is 6.92 Å². The number of furan rings is 1. The van der Waals surface area contributed by atoms with Crippen molar-refractivity contribution in [3.63, 3.8) is 0 Å². The summed E-state index contributed by atoms with van der Waals surface area (Å²) in [7, 11) is 0. The molecule has 0 fully saturated rings. The summed E-state index contributed by atoms with van der Waals surface area (Å²) in [5.41, 5.74) is 1.38. The lowest BCUT2D eigenvalue weighted by Crippen LogP contribution is -2.35. The smallest absolute Gasteiger partial charge is 0.120 e. The lowest BCUT2D eigenvalue weighted by atomic mass is 10.1. The molecule has 0 aromatic carbocycles. The second-order valence-electron chi connectivity index (χ2n) is 6.70. The first-order valence-corrected chi connectivity index (χ1v) is 7.91. The van der Waals surface area contributed by atoms with Gasteiger partial charge in [0, 0.05) is 5.54 Å². The summed E-state index contributed by atoms with van der Waals surface area (Å²) in [6, 6.07) is 2.19. The standard InChI is InChI=1S/C17H32N2O/c1-7-9-19(10-8-2)13-15-11-14(3)16(20-15)12-18-17(4,5)6/h11,18H,7-10,12-13H2,1-6H3. The molecule has 0 aliphatic heterocycles. The van der Waals surface area contributed by atoms with E-state index < -0.39 is 0 Å². The van der Waals surface area contributed by atoms with Crippen LogP contribution in [0.2, 0.25) is 0 Å². The quantitative estimate of drug-likeness (QED) is 0.777. The molecule has 0 unspecified atom stereocenters. The predicted molar refractivity (Wildman–Crippen MR) is 85.9 cm³/mol. The second-order valence-corrected chi connectivity index (χ2v) is 6.70. The summed E-state index contributed by atoms with van der Waals surface area (Å²) in [5.74, 6) is 2.16. The second kappa shape index (κ2) is 7.84. The van der Waals surface area contributed by atoms with Gasteiger partial charge < -0.3 is 9.73 Å². The summed E-state index contributed by atoms with van der Waals surface area (Å²) < 4.78 is 6.03. The fourth-order valence-corrected chi connectivity index (χ4v) is 2.31. The Labute approximate surface area is 124 Å². The van der Waals surface area contributed by atoms with Crippen LogP contribution < -0.4 is 5.32 Å². The fraction of sp³-hybridized carbons (Fsp3) is 0.765. The predicted octanol–water partition coefficient (Wildman–Crippen LogP) is 4.10. The molecule has 20 heavy (non-hydrogen) atoms. The Balaban J connectivity index is 2.63. The molecule has 1 rings (SSSR count). The van der Waals surface area contributed by atoms with Crippen molar-refractivity contribution in [1.29, 1.82) is 0 Å². The molecule has 0 radical (unpaired) electrons. The Bertz CT molecular complexity index is 384. The van der Waals surface area contributed by atoms with Crippen LogP contribution in [0.15, 0.2) is 10.5 Å². The molecule has 3 heteroatoms.